The minimum Gasteiger partial charge on any atom is -0.309 e. The highest BCUT2D eigenvalue weighted by atomic mass is 32.1. The first-order valence-corrected chi connectivity index (χ1v) is 8.44. The second-order valence-electron chi connectivity index (χ2n) is 6.20. The molecular formula is C15H20N2S2. The molecule has 0 radical (unpaired) electrons. The molecule has 1 aliphatic rings. The molecule has 3 rings (SSSR count). The summed E-state index contributed by atoms with van der Waals surface area (Å²) in [5.41, 5.74) is 0.233. The first-order valence-electron chi connectivity index (χ1n) is 6.81. The van der Waals surface area contributed by atoms with E-state index >= 15 is 0 Å². The molecule has 1 fully saturated rings. The normalized spacial score (nSPS) is 15.9. The molecule has 19 heavy (non-hydrogen) atoms. The molecule has 0 aliphatic heterocycles. The van der Waals surface area contributed by atoms with Gasteiger partial charge in [0.15, 0.2) is 0 Å². The van der Waals surface area contributed by atoms with Crippen LogP contribution < -0.4 is 5.32 Å². The molecule has 1 N–H and O–H groups in total. The van der Waals surface area contributed by atoms with Gasteiger partial charge in [-0.15, -0.1) is 22.7 Å². The van der Waals surface area contributed by atoms with Crippen molar-refractivity contribution in [3.63, 3.8) is 0 Å². The summed E-state index contributed by atoms with van der Waals surface area (Å²) in [5, 5.41) is 4.70. The predicted octanol–water partition coefficient (Wildman–Crippen LogP) is 4.42. The Balaban J connectivity index is 1.72. The lowest BCUT2D eigenvalue weighted by atomic mass is 9.95. The van der Waals surface area contributed by atoms with Crippen LogP contribution in [-0.2, 0) is 12.0 Å². The molecule has 0 bridgehead atoms. The van der Waals surface area contributed by atoms with Crippen LogP contribution in [0.5, 0.6) is 0 Å². The molecule has 1 saturated carbocycles. The summed E-state index contributed by atoms with van der Waals surface area (Å²) in [6.07, 6.45) is 4.70. The van der Waals surface area contributed by atoms with Crippen molar-refractivity contribution in [3.05, 3.63) is 28.1 Å². The number of nitrogens with one attached hydrogen (secondary N) is 1. The Morgan fingerprint density at radius 2 is 2.05 bits per heavy atom. The minimum absolute atomic E-state index is 0.233. The van der Waals surface area contributed by atoms with Crippen molar-refractivity contribution in [2.45, 2.75) is 51.6 Å². The van der Waals surface area contributed by atoms with E-state index in [-0.39, 0.29) is 5.41 Å². The number of thiazole rings is 1. The highest BCUT2D eigenvalue weighted by Crippen LogP contribution is 2.36. The monoisotopic (exact) mass is 292 g/mol. The number of hydrogen-bond acceptors (Lipinski definition) is 4. The summed E-state index contributed by atoms with van der Waals surface area (Å²) in [5.74, 6) is 0. The molecule has 2 nitrogen and oxygen atoms in total. The van der Waals surface area contributed by atoms with Crippen LogP contribution in [0.3, 0.4) is 0 Å². The van der Waals surface area contributed by atoms with Crippen LogP contribution in [0.25, 0.3) is 9.88 Å². The lowest BCUT2D eigenvalue weighted by Crippen LogP contribution is -2.14. The van der Waals surface area contributed by atoms with Gasteiger partial charge in [-0.05, 0) is 30.4 Å². The number of nitrogens with zero attached hydrogens (tertiary/aromatic N) is 1. The zero-order valence-corrected chi connectivity index (χ0v) is 13.3. The minimum atomic E-state index is 0.233. The largest absolute Gasteiger partial charge is 0.309 e. The quantitative estimate of drug-likeness (QED) is 0.902. The number of rotatable bonds is 4. The van der Waals surface area contributed by atoms with Crippen LogP contribution in [0, 0.1) is 0 Å². The Morgan fingerprint density at radius 1 is 1.26 bits per heavy atom. The van der Waals surface area contributed by atoms with Crippen molar-refractivity contribution < 1.29 is 0 Å². The smallest absolute Gasteiger partial charge is 0.133 e. The Bertz CT molecular complexity index is 559. The van der Waals surface area contributed by atoms with Crippen molar-refractivity contribution in [2.24, 2.45) is 0 Å². The van der Waals surface area contributed by atoms with E-state index in [0.717, 1.165) is 17.6 Å². The molecular weight excluding hydrogens is 272 g/mol. The van der Waals surface area contributed by atoms with Crippen LogP contribution >= 0.6 is 22.7 Å². The third-order valence-corrected chi connectivity index (χ3v) is 5.93. The number of hydrogen-bond donors (Lipinski definition) is 1. The van der Waals surface area contributed by atoms with Gasteiger partial charge in [-0.1, -0.05) is 20.8 Å². The second kappa shape index (κ2) is 5.00. The van der Waals surface area contributed by atoms with E-state index in [1.807, 2.05) is 28.9 Å². The van der Waals surface area contributed by atoms with E-state index in [9.17, 15) is 0 Å². The summed E-state index contributed by atoms with van der Waals surface area (Å²) >= 11 is 3.69. The van der Waals surface area contributed by atoms with Crippen molar-refractivity contribution in [1.29, 1.82) is 0 Å². The van der Waals surface area contributed by atoms with Gasteiger partial charge in [0, 0.05) is 28.5 Å². The number of thiophene rings is 1. The maximum absolute atomic E-state index is 4.57. The van der Waals surface area contributed by atoms with Crippen molar-refractivity contribution in [1.82, 2.24) is 10.3 Å². The summed E-state index contributed by atoms with van der Waals surface area (Å²) in [7, 11) is 0. The second-order valence-corrected chi connectivity index (χ2v) is 8.40. The molecule has 2 heterocycles. The Kier molecular flexibility index (Phi) is 3.50. The molecule has 0 atom stereocenters. The molecule has 2 aromatic rings. The van der Waals surface area contributed by atoms with E-state index in [0.29, 0.717) is 0 Å². The first-order chi connectivity index (χ1) is 9.02. The van der Waals surface area contributed by atoms with Gasteiger partial charge in [0.05, 0.1) is 4.88 Å². The first kappa shape index (κ1) is 13.3. The average molecular weight is 292 g/mol. The van der Waals surface area contributed by atoms with E-state index in [4.69, 9.17) is 0 Å². The Morgan fingerprint density at radius 3 is 2.68 bits per heavy atom. The van der Waals surface area contributed by atoms with E-state index in [1.54, 1.807) is 0 Å². The zero-order valence-electron chi connectivity index (χ0n) is 11.7. The van der Waals surface area contributed by atoms with Gasteiger partial charge < -0.3 is 5.32 Å². The van der Waals surface area contributed by atoms with Crippen LogP contribution in [0.2, 0.25) is 0 Å². The van der Waals surface area contributed by atoms with Gasteiger partial charge in [-0.2, -0.15) is 0 Å². The van der Waals surface area contributed by atoms with Crippen LogP contribution in [-0.4, -0.2) is 11.0 Å². The van der Waals surface area contributed by atoms with E-state index in [2.05, 4.69) is 43.2 Å². The fourth-order valence-electron chi connectivity index (χ4n) is 1.89. The van der Waals surface area contributed by atoms with Gasteiger partial charge >= 0.3 is 0 Å². The third kappa shape index (κ3) is 3.25. The van der Waals surface area contributed by atoms with Crippen molar-refractivity contribution in [3.8, 4) is 9.88 Å². The molecule has 0 unspecified atom stereocenters. The molecule has 0 amide bonds. The van der Waals surface area contributed by atoms with Gasteiger partial charge in [0.1, 0.15) is 5.01 Å². The molecule has 0 saturated heterocycles. The zero-order chi connectivity index (χ0) is 13.5. The molecule has 102 valence electrons. The van der Waals surface area contributed by atoms with Gasteiger partial charge in [-0.25, -0.2) is 4.98 Å². The molecule has 2 aromatic heterocycles. The van der Waals surface area contributed by atoms with Gasteiger partial charge in [-0.3, -0.25) is 0 Å². The lowest BCUT2D eigenvalue weighted by molar-refractivity contribution is 0.604. The fourth-order valence-corrected chi connectivity index (χ4v) is 3.88. The summed E-state index contributed by atoms with van der Waals surface area (Å²) in [4.78, 5) is 8.63. The summed E-state index contributed by atoms with van der Waals surface area (Å²) in [6.45, 7) is 7.75. The molecule has 4 heteroatoms. The summed E-state index contributed by atoms with van der Waals surface area (Å²) < 4.78 is 0. The van der Waals surface area contributed by atoms with Gasteiger partial charge in [0.2, 0.25) is 0 Å². The Hall–Kier alpha value is -0.710. The average Bonchev–Trinajstić information content (AvgIpc) is 2.87. The van der Waals surface area contributed by atoms with E-state index < -0.39 is 0 Å². The lowest BCUT2D eigenvalue weighted by Gasteiger charge is -2.15. The maximum atomic E-state index is 4.57. The van der Waals surface area contributed by atoms with Crippen molar-refractivity contribution in [2.75, 3.05) is 0 Å². The molecule has 0 aromatic carbocycles. The topological polar surface area (TPSA) is 24.9 Å². The highest BCUT2D eigenvalue weighted by Gasteiger charge is 2.21. The van der Waals surface area contributed by atoms with Gasteiger partial charge in [0.25, 0.3) is 0 Å². The maximum Gasteiger partial charge on any atom is 0.133 e. The SMILES string of the molecule is CC(C)(C)c1ccc(-c2ncc(CNC3CC3)s2)s1. The standard InChI is InChI=1S/C15H20N2S2/c1-15(2,3)13-7-6-12(19-13)14-17-9-11(18-14)8-16-10-4-5-10/h6-7,9-10,16H,4-5,8H2,1-3H3. The highest BCUT2D eigenvalue weighted by molar-refractivity contribution is 7.21. The van der Waals surface area contributed by atoms with Crippen LogP contribution in [0.15, 0.2) is 18.3 Å². The molecule has 1 aliphatic carbocycles. The Labute approximate surface area is 122 Å². The van der Waals surface area contributed by atoms with Crippen molar-refractivity contribution >= 4 is 22.7 Å². The van der Waals surface area contributed by atoms with Crippen LogP contribution in [0.4, 0.5) is 0 Å². The van der Waals surface area contributed by atoms with Crippen LogP contribution in [0.1, 0.15) is 43.4 Å². The summed E-state index contributed by atoms with van der Waals surface area (Å²) in [6, 6.07) is 5.21. The van der Waals surface area contributed by atoms with E-state index in [1.165, 1.54) is 27.5 Å². The number of aromatic nitrogens is 1. The predicted molar refractivity (Wildman–Crippen MR) is 84.0 cm³/mol. The third-order valence-electron chi connectivity index (χ3n) is 3.25. The fraction of sp³-hybridized carbons (Fsp3) is 0.533. The molecule has 0 spiro atoms.